The van der Waals surface area contributed by atoms with Crippen LogP contribution in [0, 0.1) is 0 Å². The van der Waals surface area contributed by atoms with E-state index in [0.717, 1.165) is 11.3 Å². The number of nitrogens with one attached hydrogen (secondary N) is 1. The predicted molar refractivity (Wildman–Crippen MR) is 95.4 cm³/mol. The molecule has 0 atom stereocenters. The number of methoxy groups -OCH3 is 1. The zero-order valence-corrected chi connectivity index (χ0v) is 14.8. The highest BCUT2D eigenvalue weighted by Crippen LogP contribution is 2.13. The molecule has 128 valence electrons. The molecular formula is C18H22N2O3S. The van der Waals surface area contributed by atoms with Crippen molar-refractivity contribution in [3.8, 4) is 5.75 Å². The summed E-state index contributed by atoms with van der Waals surface area (Å²) in [7, 11) is 1.63. The van der Waals surface area contributed by atoms with Crippen molar-refractivity contribution in [2.45, 2.75) is 19.9 Å². The Labute approximate surface area is 146 Å². The minimum Gasteiger partial charge on any atom is -0.497 e. The van der Waals surface area contributed by atoms with Crippen LogP contribution in [0.1, 0.15) is 29.3 Å². The minimum atomic E-state index is -0.137. The third kappa shape index (κ3) is 5.09. The number of ether oxygens (including phenoxy) is 1. The lowest BCUT2D eigenvalue weighted by atomic mass is 10.2. The van der Waals surface area contributed by atoms with Gasteiger partial charge >= 0.3 is 0 Å². The summed E-state index contributed by atoms with van der Waals surface area (Å²) in [6.45, 7) is 3.47. The summed E-state index contributed by atoms with van der Waals surface area (Å²) in [5.74, 6) is 0.686. The fraction of sp³-hybridized carbons (Fsp3) is 0.333. The number of nitrogens with zero attached hydrogens (tertiary/aromatic N) is 1. The minimum absolute atomic E-state index is 0.0268. The van der Waals surface area contributed by atoms with Crippen molar-refractivity contribution >= 4 is 23.2 Å². The Morgan fingerprint density at radius 2 is 1.96 bits per heavy atom. The number of rotatable bonds is 8. The Balaban J connectivity index is 1.81. The normalized spacial score (nSPS) is 10.2. The summed E-state index contributed by atoms with van der Waals surface area (Å²) >= 11 is 1.48. The van der Waals surface area contributed by atoms with Crippen molar-refractivity contribution in [1.29, 1.82) is 0 Å². The first-order valence-corrected chi connectivity index (χ1v) is 8.79. The van der Waals surface area contributed by atoms with Crippen LogP contribution in [0.5, 0.6) is 5.75 Å². The van der Waals surface area contributed by atoms with E-state index in [2.05, 4.69) is 5.32 Å². The number of hydrogen-bond acceptors (Lipinski definition) is 4. The van der Waals surface area contributed by atoms with Gasteiger partial charge in [0.05, 0.1) is 7.11 Å². The van der Waals surface area contributed by atoms with E-state index in [0.29, 0.717) is 31.6 Å². The summed E-state index contributed by atoms with van der Waals surface area (Å²) in [5, 5.41) is 6.42. The average molecular weight is 346 g/mol. The molecule has 0 saturated carbocycles. The first kappa shape index (κ1) is 18.0. The van der Waals surface area contributed by atoms with Gasteiger partial charge in [0.15, 0.2) is 0 Å². The topological polar surface area (TPSA) is 58.6 Å². The lowest BCUT2D eigenvalue weighted by Crippen LogP contribution is -2.34. The van der Waals surface area contributed by atoms with Crippen molar-refractivity contribution < 1.29 is 14.3 Å². The summed E-state index contributed by atoms with van der Waals surface area (Å²) in [4.78, 5) is 25.9. The standard InChI is InChI=1S/C18H22N2O3S/c1-3-20(12-14-4-6-16(23-2)7-5-14)17(21)8-10-19-18(22)15-9-11-24-13-15/h4-7,9,11,13H,3,8,10,12H2,1-2H3,(H,19,22). The third-order valence-corrected chi connectivity index (χ3v) is 4.36. The van der Waals surface area contributed by atoms with Gasteiger partial charge in [-0.3, -0.25) is 9.59 Å². The maximum absolute atomic E-state index is 12.3. The number of amides is 2. The van der Waals surface area contributed by atoms with E-state index in [4.69, 9.17) is 4.74 Å². The van der Waals surface area contributed by atoms with E-state index < -0.39 is 0 Å². The molecule has 2 rings (SSSR count). The second-order valence-electron chi connectivity index (χ2n) is 5.27. The van der Waals surface area contributed by atoms with Crippen molar-refractivity contribution in [1.82, 2.24) is 10.2 Å². The Bertz CT molecular complexity index is 653. The van der Waals surface area contributed by atoms with Crippen LogP contribution in [0.3, 0.4) is 0 Å². The van der Waals surface area contributed by atoms with Crippen LogP contribution < -0.4 is 10.1 Å². The van der Waals surface area contributed by atoms with Crippen molar-refractivity contribution in [3.05, 3.63) is 52.2 Å². The second-order valence-corrected chi connectivity index (χ2v) is 6.05. The molecule has 24 heavy (non-hydrogen) atoms. The first-order chi connectivity index (χ1) is 11.6. The smallest absolute Gasteiger partial charge is 0.252 e. The highest BCUT2D eigenvalue weighted by atomic mass is 32.1. The summed E-state index contributed by atoms with van der Waals surface area (Å²) in [5.41, 5.74) is 1.69. The second kappa shape index (κ2) is 9.08. The van der Waals surface area contributed by atoms with E-state index in [1.807, 2.05) is 36.6 Å². The van der Waals surface area contributed by atoms with Gasteiger partial charge < -0.3 is 15.0 Å². The maximum atomic E-state index is 12.3. The van der Waals surface area contributed by atoms with E-state index in [1.165, 1.54) is 11.3 Å². The molecule has 0 fully saturated rings. The monoisotopic (exact) mass is 346 g/mol. The van der Waals surface area contributed by atoms with Gasteiger partial charge in [-0.25, -0.2) is 0 Å². The summed E-state index contributed by atoms with van der Waals surface area (Å²) in [6.07, 6.45) is 0.292. The molecule has 0 aliphatic rings. The molecular weight excluding hydrogens is 324 g/mol. The molecule has 5 nitrogen and oxygen atoms in total. The zero-order valence-electron chi connectivity index (χ0n) is 14.0. The molecule has 1 heterocycles. The van der Waals surface area contributed by atoms with Gasteiger partial charge in [-0.05, 0) is 36.1 Å². The number of hydrogen-bond donors (Lipinski definition) is 1. The molecule has 1 aromatic carbocycles. The van der Waals surface area contributed by atoms with Gasteiger partial charge in [-0.15, -0.1) is 0 Å². The van der Waals surface area contributed by atoms with Gasteiger partial charge in [0.1, 0.15) is 5.75 Å². The Kier molecular flexibility index (Phi) is 6.81. The van der Waals surface area contributed by atoms with E-state index >= 15 is 0 Å². The fourth-order valence-corrected chi connectivity index (χ4v) is 2.90. The van der Waals surface area contributed by atoms with Crippen molar-refractivity contribution in [2.75, 3.05) is 20.2 Å². The number of carbonyl (C=O) groups excluding carboxylic acids is 2. The van der Waals surface area contributed by atoms with Gasteiger partial charge in [-0.1, -0.05) is 12.1 Å². The lowest BCUT2D eigenvalue weighted by molar-refractivity contribution is -0.131. The van der Waals surface area contributed by atoms with Gasteiger partial charge in [-0.2, -0.15) is 11.3 Å². The fourth-order valence-electron chi connectivity index (χ4n) is 2.26. The molecule has 0 unspecified atom stereocenters. The summed E-state index contributed by atoms with van der Waals surface area (Å²) in [6, 6.07) is 9.44. The molecule has 1 aromatic heterocycles. The van der Waals surface area contributed by atoms with Gasteiger partial charge in [0.25, 0.3) is 5.91 Å². The van der Waals surface area contributed by atoms with Crippen molar-refractivity contribution in [3.63, 3.8) is 0 Å². The molecule has 1 N–H and O–H groups in total. The zero-order chi connectivity index (χ0) is 17.4. The summed E-state index contributed by atoms with van der Waals surface area (Å²) < 4.78 is 5.13. The van der Waals surface area contributed by atoms with Crippen LogP contribution in [0.4, 0.5) is 0 Å². The van der Waals surface area contributed by atoms with Crippen LogP contribution in [0.2, 0.25) is 0 Å². The van der Waals surface area contributed by atoms with Crippen LogP contribution in [0.25, 0.3) is 0 Å². The number of benzene rings is 1. The van der Waals surface area contributed by atoms with Gasteiger partial charge in [0.2, 0.25) is 5.91 Å². The van der Waals surface area contributed by atoms with E-state index in [9.17, 15) is 9.59 Å². The molecule has 0 spiro atoms. The van der Waals surface area contributed by atoms with E-state index in [1.54, 1.807) is 23.5 Å². The maximum Gasteiger partial charge on any atom is 0.252 e. The van der Waals surface area contributed by atoms with Crippen LogP contribution in [-0.2, 0) is 11.3 Å². The Morgan fingerprint density at radius 1 is 1.21 bits per heavy atom. The highest BCUT2D eigenvalue weighted by Gasteiger charge is 2.13. The van der Waals surface area contributed by atoms with E-state index in [-0.39, 0.29) is 11.8 Å². The molecule has 2 amide bonds. The lowest BCUT2D eigenvalue weighted by Gasteiger charge is -2.21. The number of thiophene rings is 1. The number of carbonyl (C=O) groups is 2. The SMILES string of the molecule is CCN(Cc1ccc(OC)cc1)C(=O)CCNC(=O)c1ccsc1. The molecule has 0 bridgehead atoms. The molecule has 0 aliphatic heterocycles. The molecule has 0 saturated heterocycles. The largest absolute Gasteiger partial charge is 0.497 e. The first-order valence-electron chi connectivity index (χ1n) is 7.85. The third-order valence-electron chi connectivity index (χ3n) is 3.67. The molecule has 0 aliphatic carbocycles. The van der Waals surface area contributed by atoms with Gasteiger partial charge in [0, 0.05) is 37.0 Å². The predicted octanol–water partition coefficient (Wildman–Crippen LogP) is 2.93. The Hall–Kier alpha value is -2.34. The quantitative estimate of drug-likeness (QED) is 0.799. The molecule has 6 heteroatoms. The molecule has 2 aromatic rings. The van der Waals surface area contributed by atoms with Crippen LogP contribution in [0.15, 0.2) is 41.1 Å². The van der Waals surface area contributed by atoms with Crippen LogP contribution in [-0.4, -0.2) is 36.9 Å². The average Bonchev–Trinajstić information content (AvgIpc) is 3.14. The van der Waals surface area contributed by atoms with Crippen LogP contribution >= 0.6 is 11.3 Å². The Morgan fingerprint density at radius 3 is 2.54 bits per heavy atom. The molecule has 0 radical (unpaired) electrons. The highest BCUT2D eigenvalue weighted by molar-refractivity contribution is 7.08. The van der Waals surface area contributed by atoms with Crippen molar-refractivity contribution in [2.24, 2.45) is 0 Å².